The summed E-state index contributed by atoms with van der Waals surface area (Å²) in [6.07, 6.45) is 0.998. The number of hydrogen-bond donors (Lipinski definition) is 2. The van der Waals surface area contributed by atoms with Crippen molar-refractivity contribution in [1.82, 2.24) is 14.9 Å². The molecule has 2 atom stereocenters. The Morgan fingerprint density at radius 3 is 2.50 bits per heavy atom. The topological polar surface area (TPSA) is 55.9 Å². The van der Waals surface area contributed by atoms with Gasteiger partial charge in [-0.2, -0.15) is 0 Å². The molecular formula is C24H30BrFN4. The van der Waals surface area contributed by atoms with Crippen LogP contribution in [0.25, 0.3) is 11.3 Å². The molecule has 1 aromatic heterocycles. The molecule has 3 N–H and O–H groups in total. The van der Waals surface area contributed by atoms with E-state index in [1.165, 1.54) is 5.56 Å². The third kappa shape index (κ3) is 5.78. The summed E-state index contributed by atoms with van der Waals surface area (Å²) in [5.74, 6) is 0.894. The molecule has 0 aliphatic rings. The van der Waals surface area contributed by atoms with Crippen molar-refractivity contribution in [2.24, 2.45) is 11.1 Å². The molecule has 30 heavy (non-hydrogen) atoms. The Hall–Kier alpha value is -2.02. The number of rotatable bonds is 8. The molecular weight excluding hydrogens is 443 g/mol. The molecule has 3 rings (SSSR count). The van der Waals surface area contributed by atoms with Gasteiger partial charge in [-0.3, -0.25) is 0 Å². The lowest BCUT2D eigenvalue weighted by Gasteiger charge is -2.32. The highest BCUT2D eigenvalue weighted by Crippen LogP contribution is 2.34. The second-order valence-corrected chi connectivity index (χ2v) is 9.56. The van der Waals surface area contributed by atoms with Crippen LogP contribution < -0.4 is 11.1 Å². The maximum Gasteiger partial charge on any atom is 0.127 e. The van der Waals surface area contributed by atoms with Gasteiger partial charge in [0.05, 0.1) is 11.7 Å². The summed E-state index contributed by atoms with van der Waals surface area (Å²) in [6.45, 7) is 7.32. The monoisotopic (exact) mass is 472 g/mol. The molecule has 2 aromatic carbocycles. The zero-order valence-corrected chi connectivity index (χ0v) is 19.4. The first-order chi connectivity index (χ1) is 14.3. The smallest absolute Gasteiger partial charge is 0.127 e. The van der Waals surface area contributed by atoms with Crippen LogP contribution in [0.2, 0.25) is 0 Å². The molecule has 0 saturated carbocycles. The van der Waals surface area contributed by atoms with E-state index in [9.17, 15) is 4.39 Å². The number of nitrogens with zero attached hydrogens (tertiary/aromatic N) is 2. The average Bonchev–Trinajstić information content (AvgIpc) is 3.11. The lowest BCUT2D eigenvalue weighted by atomic mass is 9.86. The van der Waals surface area contributed by atoms with E-state index in [0.717, 1.165) is 21.6 Å². The van der Waals surface area contributed by atoms with Gasteiger partial charge in [-0.25, -0.2) is 9.37 Å². The fourth-order valence-corrected chi connectivity index (χ4v) is 3.87. The van der Waals surface area contributed by atoms with Gasteiger partial charge >= 0.3 is 0 Å². The molecule has 6 heteroatoms. The SMILES string of the molecule is CC(C)(C)[C@@H](NC[C@H](F)CN)c1nc(-c2cccc(Br)c2)cn1Cc1ccccc1. The second kappa shape index (κ2) is 9.86. The Kier molecular flexibility index (Phi) is 7.45. The second-order valence-electron chi connectivity index (χ2n) is 8.65. The van der Waals surface area contributed by atoms with Crippen molar-refractivity contribution in [2.45, 2.75) is 39.5 Å². The quantitative estimate of drug-likeness (QED) is 0.465. The molecule has 0 aliphatic carbocycles. The number of alkyl halides is 1. The van der Waals surface area contributed by atoms with Crippen LogP contribution >= 0.6 is 15.9 Å². The minimum atomic E-state index is -1.09. The van der Waals surface area contributed by atoms with E-state index in [1.807, 2.05) is 30.3 Å². The van der Waals surface area contributed by atoms with Crippen molar-refractivity contribution in [2.75, 3.05) is 13.1 Å². The maximum atomic E-state index is 13.9. The van der Waals surface area contributed by atoms with Gasteiger partial charge in [0.25, 0.3) is 0 Å². The molecule has 1 heterocycles. The fourth-order valence-electron chi connectivity index (χ4n) is 3.47. The van der Waals surface area contributed by atoms with Crippen LogP contribution in [0.3, 0.4) is 0 Å². The van der Waals surface area contributed by atoms with Crippen molar-refractivity contribution >= 4 is 15.9 Å². The first-order valence-corrected chi connectivity index (χ1v) is 11.0. The Labute approximate surface area is 186 Å². The van der Waals surface area contributed by atoms with Gasteiger partial charge in [0.15, 0.2) is 0 Å². The van der Waals surface area contributed by atoms with E-state index in [0.29, 0.717) is 6.54 Å². The Morgan fingerprint density at radius 2 is 1.87 bits per heavy atom. The normalized spacial score (nSPS) is 13.9. The number of nitrogens with two attached hydrogens (primary N) is 1. The summed E-state index contributed by atoms with van der Waals surface area (Å²) in [5, 5.41) is 3.38. The van der Waals surface area contributed by atoms with E-state index < -0.39 is 6.17 Å². The number of benzene rings is 2. The zero-order valence-electron chi connectivity index (χ0n) is 17.8. The highest BCUT2D eigenvalue weighted by Gasteiger charge is 2.31. The molecule has 0 saturated heterocycles. The van der Waals surface area contributed by atoms with E-state index in [2.05, 4.69) is 77.0 Å². The summed E-state index contributed by atoms with van der Waals surface area (Å²) in [4.78, 5) is 5.01. The predicted molar refractivity (Wildman–Crippen MR) is 125 cm³/mol. The summed E-state index contributed by atoms with van der Waals surface area (Å²) in [5.41, 5.74) is 8.45. The van der Waals surface area contributed by atoms with Crippen LogP contribution in [0.4, 0.5) is 4.39 Å². The first kappa shape index (κ1) is 22.7. The molecule has 0 aliphatic heterocycles. The van der Waals surface area contributed by atoms with Gasteiger partial charge in [-0.05, 0) is 23.1 Å². The number of hydrogen-bond acceptors (Lipinski definition) is 3. The van der Waals surface area contributed by atoms with E-state index >= 15 is 0 Å². The highest BCUT2D eigenvalue weighted by atomic mass is 79.9. The van der Waals surface area contributed by atoms with Crippen molar-refractivity contribution < 1.29 is 4.39 Å². The summed E-state index contributed by atoms with van der Waals surface area (Å²) >= 11 is 3.55. The maximum absolute atomic E-state index is 13.9. The minimum Gasteiger partial charge on any atom is -0.329 e. The van der Waals surface area contributed by atoms with Crippen LogP contribution in [-0.2, 0) is 6.54 Å². The van der Waals surface area contributed by atoms with Gasteiger partial charge in [0.1, 0.15) is 12.0 Å². The Morgan fingerprint density at radius 1 is 1.13 bits per heavy atom. The number of halogens is 2. The van der Waals surface area contributed by atoms with Crippen molar-refractivity contribution in [3.63, 3.8) is 0 Å². The fraction of sp³-hybridized carbons (Fsp3) is 0.375. The molecule has 0 bridgehead atoms. The molecule has 160 valence electrons. The summed E-state index contributed by atoms with van der Waals surface area (Å²) in [6, 6.07) is 18.3. The van der Waals surface area contributed by atoms with E-state index in [4.69, 9.17) is 10.7 Å². The Balaban J connectivity index is 2.04. The van der Waals surface area contributed by atoms with Crippen LogP contribution in [0.15, 0.2) is 65.3 Å². The van der Waals surface area contributed by atoms with E-state index in [-0.39, 0.29) is 24.5 Å². The van der Waals surface area contributed by atoms with Crippen LogP contribution in [0, 0.1) is 5.41 Å². The summed E-state index contributed by atoms with van der Waals surface area (Å²) in [7, 11) is 0. The molecule has 0 spiro atoms. The third-order valence-corrected chi connectivity index (χ3v) is 5.54. The lowest BCUT2D eigenvalue weighted by molar-refractivity contribution is 0.227. The standard InChI is InChI=1S/C24H30BrFN4/c1-24(2,3)22(28-14-20(26)13-27)23-29-21(18-10-7-11-19(25)12-18)16-30(23)15-17-8-5-4-6-9-17/h4-12,16,20,22,28H,13-15,27H2,1-3H3/t20-,22+/m1/s1. The molecule has 0 unspecified atom stereocenters. The Bertz CT molecular complexity index is 949. The molecule has 0 amide bonds. The van der Waals surface area contributed by atoms with E-state index in [1.54, 1.807) is 0 Å². The van der Waals surface area contributed by atoms with Crippen molar-refractivity contribution in [3.8, 4) is 11.3 Å². The van der Waals surface area contributed by atoms with Crippen LogP contribution in [-0.4, -0.2) is 28.8 Å². The van der Waals surface area contributed by atoms with Gasteiger partial charge < -0.3 is 15.6 Å². The van der Waals surface area contributed by atoms with Gasteiger partial charge in [-0.1, -0.05) is 79.2 Å². The lowest BCUT2D eigenvalue weighted by Crippen LogP contribution is -2.39. The van der Waals surface area contributed by atoms with Crippen LogP contribution in [0.1, 0.15) is 38.2 Å². The molecule has 0 radical (unpaired) electrons. The van der Waals surface area contributed by atoms with Gasteiger partial charge in [-0.15, -0.1) is 0 Å². The van der Waals surface area contributed by atoms with Crippen molar-refractivity contribution in [3.05, 3.63) is 76.7 Å². The first-order valence-electron chi connectivity index (χ1n) is 10.2. The summed E-state index contributed by atoms with van der Waals surface area (Å²) < 4.78 is 17.1. The number of imidazole rings is 1. The van der Waals surface area contributed by atoms with Crippen molar-refractivity contribution in [1.29, 1.82) is 0 Å². The molecule has 4 nitrogen and oxygen atoms in total. The minimum absolute atomic E-state index is 0.00557. The average molecular weight is 473 g/mol. The number of nitrogens with one attached hydrogen (secondary N) is 1. The van der Waals surface area contributed by atoms with Gasteiger partial charge in [0.2, 0.25) is 0 Å². The highest BCUT2D eigenvalue weighted by molar-refractivity contribution is 9.10. The predicted octanol–water partition coefficient (Wildman–Crippen LogP) is 5.33. The van der Waals surface area contributed by atoms with Crippen LogP contribution in [0.5, 0.6) is 0 Å². The largest absolute Gasteiger partial charge is 0.329 e. The molecule has 3 aromatic rings. The number of aromatic nitrogens is 2. The van der Waals surface area contributed by atoms with Gasteiger partial charge in [0, 0.05) is 35.9 Å². The third-order valence-electron chi connectivity index (χ3n) is 5.05. The zero-order chi connectivity index (χ0) is 21.7. The molecule has 0 fully saturated rings.